The summed E-state index contributed by atoms with van der Waals surface area (Å²) < 4.78 is 31.0. The van der Waals surface area contributed by atoms with E-state index in [2.05, 4.69) is 10.2 Å². The number of nitrogens with zero attached hydrogens (tertiary/aromatic N) is 2. The number of benzene rings is 1. The van der Waals surface area contributed by atoms with E-state index in [1.54, 1.807) is 0 Å². The molecule has 6 heteroatoms. The number of alkyl halides is 1. The van der Waals surface area contributed by atoms with Gasteiger partial charge in [-0.2, -0.15) is 0 Å². The van der Waals surface area contributed by atoms with Crippen molar-refractivity contribution >= 4 is 11.6 Å². The maximum Gasteiger partial charge on any atom is 0.247 e. The van der Waals surface area contributed by atoms with Gasteiger partial charge in [-0.1, -0.05) is 0 Å². The third-order valence-electron chi connectivity index (χ3n) is 2.16. The fourth-order valence-corrected chi connectivity index (χ4v) is 1.45. The molecular formula is C11H9ClF2N2O. The van der Waals surface area contributed by atoms with Crippen LogP contribution in [0.3, 0.4) is 0 Å². The van der Waals surface area contributed by atoms with Gasteiger partial charge >= 0.3 is 0 Å². The summed E-state index contributed by atoms with van der Waals surface area (Å²) in [6.07, 6.45) is 1.29. The van der Waals surface area contributed by atoms with Gasteiger partial charge in [-0.3, -0.25) is 0 Å². The molecule has 0 aliphatic heterocycles. The molecule has 17 heavy (non-hydrogen) atoms. The normalized spacial score (nSPS) is 10.8. The zero-order valence-electron chi connectivity index (χ0n) is 8.79. The summed E-state index contributed by atoms with van der Waals surface area (Å²) in [5, 5.41) is 7.55. The third-order valence-corrected chi connectivity index (χ3v) is 2.42. The number of halogens is 3. The van der Waals surface area contributed by atoms with Crippen LogP contribution in [0.15, 0.2) is 22.6 Å². The summed E-state index contributed by atoms with van der Waals surface area (Å²) in [7, 11) is 0. The lowest BCUT2D eigenvalue weighted by Crippen LogP contribution is -1.85. The molecule has 1 aromatic heterocycles. The molecule has 0 radical (unpaired) electrons. The lowest BCUT2D eigenvalue weighted by molar-refractivity contribution is 0.496. The maximum atomic E-state index is 13.0. The number of aromatic nitrogens is 2. The molecule has 0 aliphatic carbocycles. The second kappa shape index (κ2) is 5.23. The summed E-state index contributed by atoms with van der Waals surface area (Å²) in [4.78, 5) is 0. The monoisotopic (exact) mass is 258 g/mol. The third kappa shape index (κ3) is 2.79. The smallest absolute Gasteiger partial charge is 0.247 e. The molecule has 3 nitrogen and oxygen atoms in total. The van der Waals surface area contributed by atoms with Gasteiger partial charge in [0.05, 0.1) is 0 Å². The molecule has 2 rings (SSSR count). The number of rotatable bonds is 4. The fourth-order valence-electron chi connectivity index (χ4n) is 1.32. The number of hydrogen-bond acceptors (Lipinski definition) is 3. The number of hydrogen-bond donors (Lipinski definition) is 0. The second-order valence-corrected chi connectivity index (χ2v) is 3.80. The molecule has 0 atom stereocenters. The molecule has 0 amide bonds. The van der Waals surface area contributed by atoms with Gasteiger partial charge < -0.3 is 4.42 Å². The van der Waals surface area contributed by atoms with E-state index in [-0.39, 0.29) is 5.89 Å². The lowest BCUT2D eigenvalue weighted by Gasteiger charge is -1.96. The summed E-state index contributed by atoms with van der Waals surface area (Å²) in [5.74, 6) is -0.736. The lowest BCUT2D eigenvalue weighted by atomic mass is 10.2. The van der Waals surface area contributed by atoms with E-state index in [4.69, 9.17) is 16.0 Å². The van der Waals surface area contributed by atoms with Crippen LogP contribution in [0.25, 0.3) is 11.5 Å². The highest BCUT2D eigenvalue weighted by Gasteiger charge is 2.10. The van der Waals surface area contributed by atoms with Crippen molar-refractivity contribution in [1.82, 2.24) is 10.2 Å². The van der Waals surface area contributed by atoms with Crippen LogP contribution >= 0.6 is 11.6 Å². The van der Waals surface area contributed by atoms with Crippen molar-refractivity contribution in [3.63, 3.8) is 0 Å². The van der Waals surface area contributed by atoms with Gasteiger partial charge in [0.15, 0.2) is 11.6 Å². The van der Waals surface area contributed by atoms with Crippen LogP contribution < -0.4 is 0 Å². The molecule has 0 unspecified atom stereocenters. The van der Waals surface area contributed by atoms with Crippen LogP contribution in [-0.2, 0) is 6.42 Å². The largest absolute Gasteiger partial charge is 0.421 e. The molecular weight excluding hydrogens is 250 g/mol. The topological polar surface area (TPSA) is 38.9 Å². The molecule has 0 bridgehead atoms. The van der Waals surface area contributed by atoms with E-state index in [0.717, 1.165) is 18.6 Å². The van der Waals surface area contributed by atoms with Gasteiger partial charge in [0.1, 0.15) is 0 Å². The Kier molecular flexibility index (Phi) is 3.68. The van der Waals surface area contributed by atoms with E-state index in [1.807, 2.05) is 0 Å². The molecule has 1 aromatic carbocycles. The summed E-state index contributed by atoms with van der Waals surface area (Å²) in [6.45, 7) is 0. The van der Waals surface area contributed by atoms with Gasteiger partial charge in [-0.25, -0.2) is 8.78 Å². The van der Waals surface area contributed by atoms with Gasteiger partial charge in [-0.05, 0) is 24.6 Å². The minimum Gasteiger partial charge on any atom is -0.421 e. The molecule has 90 valence electrons. The van der Waals surface area contributed by atoms with Crippen LogP contribution in [0.2, 0.25) is 0 Å². The van der Waals surface area contributed by atoms with Crippen molar-refractivity contribution in [3.8, 4) is 11.5 Å². The minimum atomic E-state index is -0.942. The Bertz CT molecular complexity index is 516. The molecule has 0 spiro atoms. The van der Waals surface area contributed by atoms with Crippen LogP contribution in [0.4, 0.5) is 8.78 Å². The van der Waals surface area contributed by atoms with Crippen LogP contribution in [0.1, 0.15) is 12.3 Å². The summed E-state index contributed by atoms with van der Waals surface area (Å²) in [6, 6.07) is 3.43. The SMILES string of the molecule is Fc1ccc(-c2nnc(CCCCl)o2)cc1F. The van der Waals surface area contributed by atoms with Crippen LogP contribution in [0.5, 0.6) is 0 Å². The van der Waals surface area contributed by atoms with Crippen molar-refractivity contribution in [1.29, 1.82) is 0 Å². The Labute approximate surface area is 101 Å². The standard InChI is InChI=1S/C11H9ClF2N2O/c12-5-1-2-10-15-16-11(17-10)7-3-4-8(13)9(14)6-7/h3-4,6H,1-2,5H2. The van der Waals surface area contributed by atoms with Crippen molar-refractivity contribution in [2.45, 2.75) is 12.8 Å². The van der Waals surface area contributed by atoms with E-state index >= 15 is 0 Å². The van der Waals surface area contributed by atoms with Gasteiger partial charge in [0.2, 0.25) is 11.8 Å². The maximum absolute atomic E-state index is 13.0. The van der Waals surface area contributed by atoms with Crippen LogP contribution in [-0.4, -0.2) is 16.1 Å². The Balaban J connectivity index is 2.21. The highest BCUT2D eigenvalue weighted by atomic mass is 35.5. The molecule has 0 aliphatic rings. The van der Waals surface area contributed by atoms with Gasteiger partial charge in [-0.15, -0.1) is 21.8 Å². The van der Waals surface area contributed by atoms with Crippen LogP contribution in [0, 0.1) is 11.6 Å². The van der Waals surface area contributed by atoms with E-state index in [9.17, 15) is 8.78 Å². The van der Waals surface area contributed by atoms with Gasteiger partial charge in [0.25, 0.3) is 0 Å². The highest BCUT2D eigenvalue weighted by Crippen LogP contribution is 2.20. The first kappa shape index (κ1) is 12.0. The van der Waals surface area contributed by atoms with Gasteiger partial charge in [0, 0.05) is 17.9 Å². The predicted octanol–water partition coefficient (Wildman–Crippen LogP) is 3.19. The van der Waals surface area contributed by atoms with E-state index in [1.165, 1.54) is 6.07 Å². The fraction of sp³-hybridized carbons (Fsp3) is 0.273. The Hall–Kier alpha value is -1.49. The quantitative estimate of drug-likeness (QED) is 0.791. The first-order valence-electron chi connectivity index (χ1n) is 5.04. The Morgan fingerprint density at radius 2 is 2.00 bits per heavy atom. The molecule has 0 saturated carbocycles. The average Bonchev–Trinajstić information content (AvgIpc) is 2.79. The zero-order valence-corrected chi connectivity index (χ0v) is 9.55. The highest BCUT2D eigenvalue weighted by molar-refractivity contribution is 6.17. The zero-order chi connectivity index (χ0) is 12.3. The van der Waals surface area contributed by atoms with Crippen molar-refractivity contribution < 1.29 is 13.2 Å². The second-order valence-electron chi connectivity index (χ2n) is 3.42. The van der Waals surface area contributed by atoms with Crippen molar-refractivity contribution in [3.05, 3.63) is 35.7 Å². The molecule has 1 heterocycles. The Morgan fingerprint density at radius 3 is 2.71 bits per heavy atom. The van der Waals surface area contributed by atoms with Crippen molar-refractivity contribution in [2.75, 3.05) is 5.88 Å². The summed E-state index contributed by atoms with van der Waals surface area (Å²) in [5.41, 5.74) is 0.355. The van der Waals surface area contributed by atoms with E-state index < -0.39 is 11.6 Å². The molecule has 2 aromatic rings. The molecule has 0 saturated heterocycles. The average molecular weight is 259 g/mol. The Morgan fingerprint density at radius 1 is 1.18 bits per heavy atom. The first-order chi connectivity index (χ1) is 8.20. The first-order valence-corrected chi connectivity index (χ1v) is 5.58. The van der Waals surface area contributed by atoms with Crippen molar-refractivity contribution in [2.24, 2.45) is 0 Å². The predicted molar refractivity (Wildman–Crippen MR) is 58.7 cm³/mol. The minimum absolute atomic E-state index is 0.175. The van der Waals surface area contributed by atoms with E-state index in [0.29, 0.717) is 23.8 Å². The summed E-state index contributed by atoms with van der Waals surface area (Å²) >= 11 is 5.53. The molecule has 0 fully saturated rings. The number of aryl methyl sites for hydroxylation is 1. The molecule has 0 N–H and O–H groups in total.